The summed E-state index contributed by atoms with van der Waals surface area (Å²) >= 11 is 1.46. The molecule has 3 N–H and O–H groups in total. The number of aromatic nitrogens is 1. The van der Waals surface area contributed by atoms with Crippen LogP contribution < -0.4 is 10.6 Å². The molecule has 1 aromatic heterocycles. The fourth-order valence-electron chi connectivity index (χ4n) is 1.13. The van der Waals surface area contributed by atoms with Crippen molar-refractivity contribution in [3.8, 4) is 0 Å². The van der Waals surface area contributed by atoms with Crippen molar-refractivity contribution in [1.29, 1.82) is 0 Å². The Morgan fingerprint density at radius 3 is 2.94 bits per heavy atom. The summed E-state index contributed by atoms with van der Waals surface area (Å²) in [5.41, 5.74) is 0.470. The SMILES string of the molecule is Cc1nc(C(=O)NCCNCC(C)O)cs1. The highest BCUT2D eigenvalue weighted by Crippen LogP contribution is 2.07. The summed E-state index contributed by atoms with van der Waals surface area (Å²) in [6.07, 6.45) is -0.364. The van der Waals surface area contributed by atoms with E-state index in [1.165, 1.54) is 11.3 Å². The minimum atomic E-state index is -0.364. The Morgan fingerprint density at radius 2 is 2.38 bits per heavy atom. The van der Waals surface area contributed by atoms with Crippen LogP contribution in [0.5, 0.6) is 0 Å². The summed E-state index contributed by atoms with van der Waals surface area (Å²) in [5.74, 6) is -0.150. The summed E-state index contributed by atoms with van der Waals surface area (Å²) in [6, 6.07) is 0. The molecule has 6 heteroatoms. The molecular weight excluding hydrogens is 226 g/mol. The zero-order chi connectivity index (χ0) is 12.0. The topological polar surface area (TPSA) is 74.2 Å². The fourth-order valence-corrected chi connectivity index (χ4v) is 1.73. The second-order valence-corrected chi connectivity index (χ2v) is 4.62. The summed E-state index contributed by atoms with van der Waals surface area (Å²) in [4.78, 5) is 15.6. The number of nitrogens with one attached hydrogen (secondary N) is 2. The smallest absolute Gasteiger partial charge is 0.270 e. The Kier molecular flexibility index (Phi) is 5.37. The molecule has 0 spiro atoms. The second kappa shape index (κ2) is 6.57. The van der Waals surface area contributed by atoms with Crippen molar-refractivity contribution in [2.75, 3.05) is 19.6 Å². The lowest BCUT2D eigenvalue weighted by Gasteiger charge is -2.07. The van der Waals surface area contributed by atoms with Gasteiger partial charge in [-0.25, -0.2) is 4.98 Å². The van der Waals surface area contributed by atoms with Crippen LogP contribution in [0.3, 0.4) is 0 Å². The number of nitrogens with zero attached hydrogens (tertiary/aromatic N) is 1. The van der Waals surface area contributed by atoms with Gasteiger partial charge in [0.1, 0.15) is 5.69 Å². The third-order valence-electron chi connectivity index (χ3n) is 1.88. The van der Waals surface area contributed by atoms with E-state index in [1.54, 1.807) is 12.3 Å². The van der Waals surface area contributed by atoms with Gasteiger partial charge in [-0.05, 0) is 13.8 Å². The van der Waals surface area contributed by atoms with Crippen LogP contribution in [0.15, 0.2) is 5.38 Å². The van der Waals surface area contributed by atoms with Gasteiger partial charge in [0.2, 0.25) is 0 Å². The predicted octanol–water partition coefficient (Wildman–Crippen LogP) is 0.152. The largest absolute Gasteiger partial charge is 0.392 e. The highest BCUT2D eigenvalue weighted by molar-refractivity contribution is 7.09. The molecule has 0 aromatic carbocycles. The standard InChI is InChI=1S/C10H17N3O2S/c1-7(14)5-11-3-4-12-10(15)9-6-16-8(2)13-9/h6-7,11,14H,3-5H2,1-2H3,(H,12,15). The van der Waals surface area contributed by atoms with Crippen LogP contribution in [-0.2, 0) is 0 Å². The number of aliphatic hydroxyl groups excluding tert-OH is 1. The van der Waals surface area contributed by atoms with Gasteiger partial charge in [-0.1, -0.05) is 0 Å². The van der Waals surface area contributed by atoms with E-state index in [-0.39, 0.29) is 12.0 Å². The molecule has 1 aromatic rings. The normalized spacial score (nSPS) is 12.4. The molecule has 1 heterocycles. The molecule has 0 fully saturated rings. The van der Waals surface area contributed by atoms with Gasteiger partial charge in [-0.2, -0.15) is 0 Å². The first-order valence-corrected chi connectivity index (χ1v) is 6.06. The van der Waals surface area contributed by atoms with Crippen LogP contribution in [0.1, 0.15) is 22.4 Å². The van der Waals surface area contributed by atoms with Crippen molar-refractivity contribution in [2.24, 2.45) is 0 Å². The molecule has 0 bridgehead atoms. The average Bonchev–Trinajstić information content (AvgIpc) is 2.63. The first-order valence-electron chi connectivity index (χ1n) is 5.18. The quantitative estimate of drug-likeness (QED) is 0.622. The van der Waals surface area contributed by atoms with E-state index in [2.05, 4.69) is 15.6 Å². The lowest BCUT2D eigenvalue weighted by atomic mass is 10.4. The highest BCUT2D eigenvalue weighted by atomic mass is 32.1. The number of rotatable bonds is 6. The molecule has 1 unspecified atom stereocenters. The number of amides is 1. The molecule has 1 atom stereocenters. The Morgan fingerprint density at radius 1 is 1.62 bits per heavy atom. The number of aryl methyl sites for hydroxylation is 1. The van der Waals surface area contributed by atoms with Crippen molar-refractivity contribution in [2.45, 2.75) is 20.0 Å². The molecule has 0 aliphatic carbocycles. The molecule has 0 radical (unpaired) electrons. The minimum Gasteiger partial charge on any atom is -0.392 e. The number of thiazole rings is 1. The van der Waals surface area contributed by atoms with Gasteiger partial charge in [0.15, 0.2) is 0 Å². The van der Waals surface area contributed by atoms with Gasteiger partial charge >= 0.3 is 0 Å². The van der Waals surface area contributed by atoms with Crippen LogP contribution in [0.4, 0.5) is 0 Å². The van der Waals surface area contributed by atoms with Crippen LogP contribution in [0.2, 0.25) is 0 Å². The van der Waals surface area contributed by atoms with Gasteiger partial charge in [-0.3, -0.25) is 4.79 Å². The van der Waals surface area contributed by atoms with E-state index in [0.29, 0.717) is 25.3 Å². The van der Waals surface area contributed by atoms with Gasteiger partial charge in [0.25, 0.3) is 5.91 Å². The van der Waals surface area contributed by atoms with Crippen molar-refractivity contribution in [3.63, 3.8) is 0 Å². The first kappa shape index (κ1) is 13.1. The zero-order valence-electron chi connectivity index (χ0n) is 9.49. The maximum Gasteiger partial charge on any atom is 0.270 e. The molecule has 5 nitrogen and oxygen atoms in total. The minimum absolute atomic E-state index is 0.150. The number of carbonyl (C=O) groups excluding carboxylic acids is 1. The molecule has 0 aliphatic rings. The molecule has 0 saturated carbocycles. The van der Waals surface area contributed by atoms with Gasteiger partial charge < -0.3 is 15.7 Å². The average molecular weight is 243 g/mol. The summed E-state index contributed by atoms with van der Waals surface area (Å²) < 4.78 is 0. The lowest BCUT2D eigenvalue weighted by Crippen LogP contribution is -2.34. The second-order valence-electron chi connectivity index (χ2n) is 3.56. The molecule has 16 heavy (non-hydrogen) atoms. The molecule has 1 amide bonds. The molecule has 1 rings (SSSR count). The summed E-state index contributed by atoms with van der Waals surface area (Å²) in [5, 5.41) is 17.4. The predicted molar refractivity (Wildman–Crippen MR) is 63.7 cm³/mol. The molecule has 0 aliphatic heterocycles. The maximum atomic E-state index is 11.5. The Bertz CT molecular complexity index is 339. The summed E-state index contributed by atoms with van der Waals surface area (Å²) in [7, 11) is 0. The lowest BCUT2D eigenvalue weighted by molar-refractivity contribution is 0.0949. The van der Waals surface area contributed by atoms with Crippen LogP contribution in [0.25, 0.3) is 0 Å². The molecular formula is C10H17N3O2S. The third-order valence-corrected chi connectivity index (χ3v) is 2.65. The third kappa shape index (κ3) is 4.69. The molecule has 90 valence electrons. The van der Waals surface area contributed by atoms with Crippen LogP contribution in [-0.4, -0.2) is 41.7 Å². The van der Waals surface area contributed by atoms with Gasteiger partial charge in [0.05, 0.1) is 11.1 Å². The number of hydrogen-bond acceptors (Lipinski definition) is 5. The van der Waals surface area contributed by atoms with E-state index in [9.17, 15) is 4.79 Å². The highest BCUT2D eigenvalue weighted by Gasteiger charge is 2.07. The number of aliphatic hydroxyl groups is 1. The van der Waals surface area contributed by atoms with Gasteiger partial charge in [0, 0.05) is 25.0 Å². The van der Waals surface area contributed by atoms with E-state index >= 15 is 0 Å². The Balaban J connectivity index is 2.16. The van der Waals surface area contributed by atoms with Crippen LogP contribution >= 0.6 is 11.3 Å². The van der Waals surface area contributed by atoms with E-state index in [0.717, 1.165) is 5.01 Å². The van der Waals surface area contributed by atoms with E-state index in [1.807, 2.05) is 6.92 Å². The Hall–Kier alpha value is -0.980. The van der Waals surface area contributed by atoms with Crippen LogP contribution in [0, 0.1) is 6.92 Å². The monoisotopic (exact) mass is 243 g/mol. The van der Waals surface area contributed by atoms with Crippen molar-refractivity contribution < 1.29 is 9.90 Å². The fraction of sp³-hybridized carbons (Fsp3) is 0.600. The van der Waals surface area contributed by atoms with Gasteiger partial charge in [-0.15, -0.1) is 11.3 Å². The summed E-state index contributed by atoms with van der Waals surface area (Å²) in [6.45, 7) is 5.28. The Labute approximate surface area is 98.9 Å². The first-order chi connectivity index (χ1) is 7.59. The number of carbonyl (C=O) groups is 1. The number of hydrogen-bond donors (Lipinski definition) is 3. The maximum absolute atomic E-state index is 11.5. The van der Waals surface area contributed by atoms with E-state index in [4.69, 9.17) is 5.11 Å². The van der Waals surface area contributed by atoms with Crippen molar-refractivity contribution in [3.05, 3.63) is 16.1 Å². The van der Waals surface area contributed by atoms with Crippen molar-refractivity contribution >= 4 is 17.2 Å². The van der Waals surface area contributed by atoms with Crippen molar-refractivity contribution in [1.82, 2.24) is 15.6 Å². The zero-order valence-corrected chi connectivity index (χ0v) is 10.3. The molecule has 0 saturated heterocycles. The van der Waals surface area contributed by atoms with E-state index < -0.39 is 0 Å².